The number of hydrogen-bond donors (Lipinski definition) is 0. The number of aromatic nitrogens is 2. The summed E-state index contributed by atoms with van der Waals surface area (Å²) in [4.78, 5) is 17.0. The van der Waals surface area contributed by atoms with Crippen molar-refractivity contribution in [3.8, 4) is 0 Å². The number of carbonyl (C=O) groups is 1. The molecule has 2 heterocycles. The molecule has 2 aromatic rings. The summed E-state index contributed by atoms with van der Waals surface area (Å²) in [7, 11) is 0. The molecular formula is C21H28N4O. The summed E-state index contributed by atoms with van der Waals surface area (Å²) in [5, 5.41) is 8.42. The van der Waals surface area contributed by atoms with E-state index in [4.69, 9.17) is 0 Å². The quantitative estimate of drug-likeness (QED) is 0.827. The van der Waals surface area contributed by atoms with Crippen molar-refractivity contribution in [1.82, 2.24) is 15.1 Å². The zero-order valence-corrected chi connectivity index (χ0v) is 15.8. The number of amides is 1. The van der Waals surface area contributed by atoms with Crippen LogP contribution >= 0.6 is 0 Å². The molecule has 0 saturated carbocycles. The van der Waals surface area contributed by atoms with Gasteiger partial charge in [0, 0.05) is 31.7 Å². The van der Waals surface area contributed by atoms with Crippen LogP contribution in [-0.2, 0) is 6.42 Å². The first-order valence-corrected chi connectivity index (χ1v) is 9.61. The van der Waals surface area contributed by atoms with Crippen LogP contribution < -0.4 is 4.90 Å². The first-order chi connectivity index (χ1) is 12.7. The summed E-state index contributed by atoms with van der Waals surface area (Å²) in [6.45, 7) is 7.32. The fourth-order valence-corrected chi connectivity index (χ4v) is 3.29. The van der Waals surface area contributed by atoms with Gasteiger partial charge in [0.05, 0.1) is 5.69 Å². The Kier molecular flexibility index (Phi) is 6.21. The molecule has 1 amide bonds. The summed E-state index contributed by atoms with van der Waals surface area (Å²) in [5.74, 6) is 1.02. The van der Waals surface area contributed by atoms with Crippen LogP contribution in [0.3, 0.4) is 0 Å². The molecule has 138 valence electrons. The fourth-order valence-electron chi connectivity index (χ4n) is 3.29. The van der Waals surface area contributed by atoms with Gasteiger partial charge >= 0.3 is 0 Å². The van der Waals surface area contributed by atoms with E-state index in [1.165, 1.54) is 18.4 Å². The topological polar surface area (TPSA) is 49.3 Å². The number of anilines is 1. The number of unbranched alkanes of at least 4 members (excludes halogenated alkanes) is 1. The zero-order valence-electron chi connectivity index (χ0n) is 15.8. The predicted octanol–water partition coefficient (Wildman–Crippen LogP) is 3.48. The van der Waals surface area contributed by atoms with Crippen LogP contribution in [0.5, 0.6) is 0 Å². The van der Waals surface area contributed by atoms with Gasteiger partial charge in [-0.1, -0.05) is 25.5 Å². The maximum atomic E-state index is 12.8. The molecule has 1 aromatic carbocycles. The maximum Gasteiger partial charge on any atom is 0.253 e. The lowest BCUT2D eigenvalue weighted by Gasteiger charge is -2.22. The molecular weight excluding hydrogens is 324 g/mol. The third-order valence-electron chi connectivity index (χ3n) is 4.91. The van der Waals surface area contributed by atoms with Crippen LogP contribution in [0.2, 0.25) is 0 Å². The first-order valence-electron chi connectivity index (χ1n) is 9.61. The second-order valence-corrected chi connectivity index (χ2v) is 6.97. The van der Waals surface area contributed by atoms with E-state index in [1.807, 2.05) is 36.1 Å². The number of nitrogens with zero attached hydrogens (tertiary/aromatic N) is 4. The Morgan fingerprint density at radius 1 is 1.00 bits per heavy atom. The molecule has 1 fully saturated rings. The number of aryl methyl sites for hydroxylation is 2. The van der Waals surface area contributed by atoms with Crippen molar-refractivity contribution >= 4 is 11.7 Å². The second kappa shape index (κ2) is 8.79. The molecule has 0 aliphatic carbocycles. The van der Waals surface area contributed by atoms with Gasteiger partial charge in [-0.25, -0.2) is 0 Å². The fraction of sp³-hybridized carbons (Fsp3) is 0.476. The third kappa shape index (κ3) is 4.59. The summed E-state index contributed by atoms with van der Waals surface area (Å²) < 4.78 is 0. The van der Waals surface area contributed by atoms with Gasteiger partial charge in [0.25, 0.3) is 5.91 Å². The molecule has 5 heteroatoms. The van der Waals surface area contributed by atoms with Crippen LogP contribution in [0, 0.1) is 6.92 Å². The number of benzene rings is 1. The highest BCUT2D eigenvalue weighted by molar-refractivity contribution is 5.94. The monoisotopic (exact) mass is 352 g/mol. The highest BCUT2D eigenvalue weighted by Crippen LogP contribution is 2.15. The van der Waals surface area contributed by atoms with E-state index in [-0.39, 0.29) is 5.91 Å². The number of carbonyl (C=O) groups excluding carboxylic acids is 1. The second-order valence-electron chi connectivity index (χ2n) is 6.97. The van der Waals surface area contributed by atoms with Crippen LogP contribution in [0.25, 0.3) is 0 Å². The van der Waals surface area contributed by atoms with Gasteiger partial charge < -0.3 is 9.80 Å². The van der Waals surface area contributed by atoms with Crippen molar-refractivity contribution < 1.29 is 4.79 Å². The molecule has 5 nitrogen and oxygen atoms in total. The molecule has 3 rings (SSSR count). The smallest absolute Gasteiger partial charge is 0.253 e. The number of rotatable bonds is 5. The Morgan fingerprint density at radius 3 is 2.50 bits per heavy atom. The molecule has 0 atom stereocenters. The minimum atomic E-state index is 0.129. The van der Waals surface area contributed by atoms with E-state index in [0.29, 0.717) is 6.54 Å². The lowest BCUT2D eigenvalue weighted by Crippen LogP contribution is -2.35. The predicted molar refractivity (Wildman–Crippen MR) is 105 cm³/mol. The molecule has 1 saturated heterocycles. The van der Waals surface area contributed by atoms with E-state index in [9.17, 15) is 4.79 Å². The Bertz CT molecular complexity index is 712. The summed E-state index contributed by atoms with van der Waals surface area (Å²) in [6, 6.07) is 12.1. The Labute approximate surface area is 156 Å². The van der Waals surface area contributed by atoms with Gasteiger partial charge in [-0.2, -0.15) is 5.10 Å². The normalized spacial score (nSPS) is 15.0. The van der Waals surface area contributed by atoms with Gasteiger partial charge in [-0.15, -0.1) is 5.10 Å². The Balaban J connectivity index is 1.61. The highest BCUT2D eigenvalue weighted by Gasteiger charge is 2.21. The van der Waals surface area contributed by atoms with E-state index >= 15 is 0 Å². The molecule has 1 aliphatic heterocycles. The van der Waals surface area contributed by atoms with Gasteiger partial charge in [0.1, 0.15) is 0 Å². The molecule has 0 spiro atoms. The van der Waals surface area contributed by atoms with Crippen molar-refractivity contribution in [1.29, 1.82) is 0 Å². The van der Waals surface area contributed by atoms with Gasteiger partial charge in [-0.3, -0.25) is 4.79 Å². The average Bonchev–Trinajstić information content (AvgIpc) is 2.93. The molecule has 1 aromatic heterocycles. The standard InChI is InChI=1S/C21H28N4O/c1-3-4-6-18-8-10-19(11-9-18)21(26)25-14-5-13-24(15-16-25)20-12-7-17(2)22-23-20/h7-12H,3-6,13-16H2,1-2H3. The van der Waals surface area contributed by atoms with Gasteiger partial charge in [0.15, 0.2) is 5.82 Å². The van der Waals surface area contributed by atoms with E-state index in [1.54, 1.807) is 0 Å². The molecule has 0 N–H and O–H groups in total. The van der Waals surface area contributed by atoms with Crippen molar-refractivity contribution in [3.05, 3.63) is 53.2 Å². The van der Waals surface area contributed by atoms with Crippen molar-refractivity contribution in [2.24, 2.45) is 0 Å². The summed E-state index contributed by atoms with van der Waals surface area (Å²) in [5.41, 5.74) is 3.01. The SMILES string of the molecule is CCCCc1ccc(C(=O)N2CCCN(c3ccc(C)nn3)CC2)cc1. The van der Waals surface area contributed by atoms with Gasteiger partial charge in [-0.05, 0) is 56.0 Å². The largest absolute Gasteiger partial charge is 0.353 e. The molecule has 0 radical (unpaired) electrons. The minimum absolute atomic E-state index is 0.129. The average molecular weight is 352 g/mol. The van der Waals surface area contributed by atoms with Crippen molar-refractivity contribution in [2.75, 3.05) is 31.1 Å². The maximum absolute atomic E-state index is 12.8. The lowest BCUT2D eigenvalue weighted by molar-refractivity contribution is 0.0767. The van der Waals surface area contributed by atoms with Crippen LogP contribution in [0.4, 0.5) is 5.82 Å². The first kappa shape index (κ1) is 18.4. The summed E-state index contributed by atoms with van der Waals surface area (Å²) in [6.07, 6.45) is 4.41. The van der Waals surface area contributed by atoms with Crippen molar-refractivity contribution in [2.45, 2.75) is 39.5 Å². The molecule has 0 unspecified atom stereocenters. The Morgan fingerprint density at radius 2 is 1.81 bits per heavy atom. The summed E-state index contributed by atoms with van der Waals surface area (Å²) >= 11 is 0. The Hall–Kier alpha value is -2.43. The highest BCUT2D eigenvalue weighted by atomic mass is 16.2. The molecule has 26 heavy (non-hydrogen) atoms. The van der Waals surface area contributed by atoms with E-state index < -0.39 is 0 Å². The van der Waals surface area contributed by atoms with E-state index in [0.717, 1.165) is 49.6 Å². The number of hydrogen-bond acceptors (Lipinski definition) is 4. The molecule has 0 bridgehead atoms. The minimum Gasteiger partial charge on any atom is -0.353 e. The zero-order chi connectivity index (χ0) is 18.4. The van der Waals surface area contributed by atoms with Crippen LogP contribution in [0.1, 0.15) is 47.8 Å². The lowest BCUT2D eigenvalue weighted by atomic mass is 10.1. The van der Waals surface area contributed by atoms with E-state index in [2.05, 4.69) is 34.2 Å². The molecule has 1 aliphatic rings. The van der Waals surface area contributed by atoms with Crippen LogP contribution in [-0.4, -0.2) is 47.2 Å². The van der Waals surface area contributed by atoms with Gasteiger partial charge in [0.2, 0.25) is 0 Å². The van der Waals surface area contributed by atoms with Crippen molar-refractivity contribution in [3.63, 3.8) is 0 Å². The van der Waals surface area contributed by atoms with Crippen LogP contribution in [0.15, 0.2) is 36.4 Å². The third-order valence-corrected chi connectivity index (χ3v) is 4.91.